The predicted octanol–water partition coefficient (Wildman–Crippen LogP) is 8.78. The Kier molecular flexibility index (Phi) is 4.92. The molecule has 0 radical (unpaired) electrons. The number of hydrogen-bond acceptors (Lipinski definition) is 1. The van der Waals surface area contributed by atoms with E-state index in [1.54, 1.807) is 0 Å². The third-order valence-electron chi connectivity index (χ3n) is 9.07. The number of aromatic nitrogens is 1. The van der Waals surface area contributed by atoms with Crippen LogP contribution < -0.4 is 4.57 Å². The Morgan fingerprint density at radius 3 is 2.37 bits per heavy atom. The molecule has 2 aromatic carbocycles. The summed E-state index contributed by atoms with van der Waals surface area (Å²) in [5.41, 5.74) is 9.96. The lowest BCUT2D eigenvalue weighted by Crippen LogP contribution is -2.36. The van der Waals surface area contributed by atoms with Crippen LogP contribution in [0.25, 0.3) is 33.2 Å². The van der Waals surface area contributed by atoms with Crippen molar-refractivity contribution >= 4 is 21.9 Å². The molecule has 182 valence electrons. The molecule has 1 fully saturated rings. The van der Waals surface area contributed by atoms with Crippen LogP contribution in [-0.2, 0) is 17.9 Å². The first-order chi connectivity index (χ1) is 17.0. The molecule has 0 aliphatic heterocycles. The monoisotopic (exact) mass is 467 g/mol. The van der Waals surface area contributed by atoms with Crippen molar-refractivity contribution in [1.82, 2.24) is 0 Å². The van der Waals surface area contributed by atoms with Crippen molar-refractivity contribution in [3.63, 3.8) is 0 Å². The molecule has 35 heavy (non-hydrogen) atoms. The summed E-state index contributed by atoms with van der Waals surface area (Å²) in [6.45, 7) is 12.0. The van der Waals surface area contributed by atoms with Gasteiger partial charge in [0.15, 0.2) is 6.20 Å². The normalized spacial score (nSPS) is 21.1. The van der Waals surface area contributed by atoms with E-state index in [4.69, 9.17) is 4.42 Å². The highest BCUT2D eigenvalue weighted by Gasteiger charge is 2.42. The summed E-state index contributed by atoms with van der Waals surface area (Å²) < 4.78 is 18.3. The Morgan fingerprint density at radius 2 is 1.63 bits per heavy atom. The van der Waals surface area contributed by atoms with Gasteiger partial charge in [-0.1, -0.05) is 65.2 Å². The summed E-state index contributed by atoms with van der Waals surface area (Å²) in [6, 6.07) is 13.0. The van der Waals surface area contributed by atoms with E-state index in [2.05, 4.69) is 88.8 Å². The molecule has 2 aliphatic carbocycles. The van der Waals surface area contributed by atoms with E-state index in [1.165, 1.54) is 52.3 Å². The standard InChI is InChI=1S/C33H40NO/c1-21-27(25-20-23(16-19-34(25)6)22-12-8-7-9-13-22)31-28(24-14-10-11-15-26(24)35-31)30-29(21)32(2,3)17-18-33(30,4)5/h10-11,14-16,19-20,22H,7-9,12-13,17-18H2,1-6H3/q+1/i22D. The van der Waals surface area contributed by atoms with E-state index in [-0.39, 0.29) is 10.8 Å². The number of hydrogen-bond donors (Lipinski definition) is 0. The van der Waals surface area contributed by atoms with E-state index in [1.807, 2.05) is 0 Å². The highest BCUT2D eigenvalue weighted by atomic mass is 16.3. The molecule has 0 spiro atoms. The number of rotatable bonds is 2. The molecule has 4 aromatic rings. The lowest BCUT2D eigenvalue weighted by atomic mass is 9.60. The number of nitrogens with zero attached hydrogens (tertiary/aromatic N) is 1. The van der Waals surface area contributed by atoms with Crippen LogP contribution in [0.1, 0.15) is 102 Å². The van der Waals surface area contributed by atoms with Crippen molar-refractivity contribution in [1.29, 1.82) is 0 Å². The van der Waals surface area contributed by atoms with E-state index >= 15 is 0 Å². The molecule has 2 heteroatoms. The van der Waals surface area contributed by atoms with Crippen molar-refractivity contribution in [3.8, 4) is 11.3 Å². The Bertz CT molecular complexity index is 1500. The molecule has 0 bridgehead atoms. The minimum atomic E-state index is -0.488. The SMILES string of the molecule is [2H]C1(c2cc[n+](C)c(-c3c(C)c4c(c5c3oc3ccccc35)C(C)(C)CCC4(C)C)c2)CCCCC1. The van der Waals surface area contributed by atoms with Crippen LogP contribution in [0.5, 0.6) is 0 Å². The maximum Gasteiger partial charge on any atom is 0.216 e. The highest BCUT2D eigenvalue weighted by Crippen LogP contribution is 2.54. The maximum atomic E-state index is 9.33. The van der Waals surface area contributed by atoms with Crippen LogP contribution in [0.4, 0.5) is 0 Å². The van der Waals surface area contributed by atoms with Gasteiger partial charge < -0.3 is 4.42 Å². The molecule has 0 amide bonds. The number of benzene rings is 2. The van der Waals surface area contributed by atoms with Gasteiger partial charge in [-0.05, 0) is 77.7 Å². The fourth-order valence-electron chi connectivity index (χ4n) is 7.09. The third kappa shape index (κ3) is 3.47. The fourth-order valence-corrected chi connectivity index (χ4v) is 7.09. The molecule has 2 aliphatic rings. The van der Waals surface area contributed by atoms with Gasteiger partial charge in [0, 0.05) is 24.3 Å². The predicted molar refractivity (Wildman–Crippen MR) is 146 cm³/mol. The quantitative estimate of drug-likeness (QED) is 0.269. The van der Waals surface area contributed by atoms with Gasteiger partial charge in [-0.25, -0.2) is 4.57 Å². The molecule has 2 heterocycles. The van der Waals surface area contributed by atoms with E-state index in [0.717, 1.165) is 48.1 Å². The smallest absolute Gasteiger partial charge is 0.216 e. The van der Waals surface area contributed by atoms with Crippen LogP contribution in [0.3, 0.4) is 0 Å². The number of aryl methyl sites for hydroxylation is 1. The van der Waals surface area contributed by atoms with Gasteiger partial charge in [-0.2, -0.15) is 0 Å². The average molecular weight is 468 g/mol. The first kappa shape index (κ1) is 21.7. The number of pyridine rings is 1. The molecular formula is C33H40NO+. The van der Waals surface area contributed by atoms with Crippen LogP contribution in [0.2, 0.25) is 0 Å². The summed E-state index contributed by atoms with van der Waals surface area (Å²) in [6.07, 6.45) is 9.96. The van der Waals surface area contributed by atoms with Crippen molar-refractivity contribution in [2.45, 2.75) is 96.3 Å². The number of fused-ring (bicyclic) bond motifs is 5. The molecular weight excluding hydrogens is 426 g/mol. The van der Waals surface area contributed by atoms with Crippen molar-refractivity contribution < 1.29 is 10.4 Å². The zero-order valence-corrected chi connectivity index (χ0v) is 22.3. The van der Waals surface area contributed by atoms with Crippen molar-refractivity contribution in [3.05, 3.63) is 64.8 Å². The van der Waals surface area contributed by atoms with E-state index in [0.29, 0.717) is 0 Å². The van der Waals surface area contributed by atoms with Gasteiger partial charge in [0.1, 0.15) is 18.2 Å². The zero-order valence-electron chi connectivity index (χ0n) is 23.3. The largest absolute Gasteiger partial charge is 0.455 e. The Hall–Kier alpha value is -2.61. The van der Waals surface area contributed by atoms with Gasteiger partial charge in [-0.15, -0.1) is 0 Å². The third-order valence-corrected chi connectivity index (χ3v) is 9.07. The van der Waals surface area contributed by atoms with Gasteiger partial charge in [0.2, 0.25) is 5.69 Å². The second kappa shape index (κ2) is 7.95. The van der Waals surface area contributed by atoms with Crippen molar-refractivity contribution in [2.24, 2.45) is 7.05 Å². The maximum absolute atomic E-state index is 9.33. The van der Waals surface area contributed by atoms with E-state index in [9.17, 15) is 1.37 Å². The van der Waals surface area contributed by atoms with E-state index < -0.39 is 5.89 Å². The van der Waals surface area contributed by atoms with Crippen LogP contribution in [0.15, 0.2) is 47.0 Å². The van der Waals surface area contributed by atoms with Gasteiger partial charge in [-0.3, -0.25) is 0 Å². The van der Waals surface area contributed by atoms with Crippen LogP contribution in [-0.4, -0.2) is 0 Å². The summed E-state index contributed by atoms with van der Waals surface area (Å²) >= 11 is 0. The second-order valence-corrected chi connectivity index (χ2v) is 12.4. The lowest BCUT2D eigenvalue weighted by Gasteiger charge is -2.43. The first-order valence-electron chi connectivity index (χ1n) is 14.0. The fraction of sp³-hybridized carbons (Fsp3) is 0.485. The Morgan fingerprint density at radius 1 is 0.943 bits per heavy atom. The lowest BCUT2D eigenvalue weighted by molar-refractivity contribution is -0.660. The molecule has 1 saturated carbocycles. The Labute approximate surface area is 211 Å². The molecule has 6 rings (SSSR count). The molecule has 0 saturated heterocycles. The minimum Gasteiger partial charge on any atom is -0.455 e. The average Bonchev–Trinajstić information content (AvgIpc) is 3.21. The van der Waals surface area contributed by atoms with Gasteiger partial charge >= 0.3 is 0 Å². The topological polar surface area (TPSA) is 17.0 Å². The molecule has 0 N–H and O–H groups in total. The Balaban J connectivity index is 1.75. The highest BCUT2D eigenvalue weighted by molar-refractivity contribution is 6.12. The summed E-state index contributed by atoms with van der Waals surface area (Å²) in [7, 11) is 2.14. The summed E-state index contributed by atoms with van der Waals surface area (Å²) in [4.78, 5) is 0. The van der Waals surface area contributed by atoms with Crippen molar-refractivity contribution in [2.75, 3.05) is 0 Å². The van der Waals surface area contributed by atoms with Crippen LogP contribution in [0, 0.1) is 6.92 Å². The molecule has 2 aromatic heterocycles. The van der Waals surface area contributed by atoms with Gasteiger partial charge in [0.25, 0.3) is 0 Å². The first-order valence-corrected chi connectivity index (χ1v) is 13.5. The summed E-state index contributed by atoms with van der Waals surface area (Å²) in [5, 5.41) is 2.52. The summed E-state index contributed by atoms with van der Waals surface area (Å²) in [5.74, 6) is -0.488. The minimum absolute atomic E-state index is 0.0798. The van der Waals surface area contributed by atoms with Crippen LogP contribution >= 0.6 is 0 Å². The zero-order chi connectivity index (χ0) is 25.5. The van der Waals surface area contributed by atoms with Gasteiger partial charge in [0.05, 0.1) is 5.56 Å². The number of furan rings is 1. The molecule has 0 atom stereocenters. The number of para-hydroxylation sites is 1. The second-order valence-electron chi connectivity index (χ2n) is 12.4. The molecule has 2 nitrogen and oxygen atoms in total. The molecule has 0 unspecified atom stereocenters.